The first-order chi connectivity index (χ1) is 12.8. The summed E-state index contributed by atoms with van der Waals surface area (Å²) < 4.78 is 6.46. The van der Waals surface area contributed by atoms with Gasteiger partial charge in [-0.1, -0.05) is 5.16 Å². The summed E-state index contributed by atoms with van der Waals surface area (Å²) in [5.74, 6) is -0.0104. The Kier molecular flexibility index (Phi) is 3.98. The Morgan fingerprint density at radius 1 is 1.26 bits per heavy atom. The molecule has 4 rings (SSSR count). The molecule has 8 heteroatoms. The number of anilines is 1. The molecule has 2 N–H and O–H groups in total. The van der Waals surface area contributed by atoms with Crippen molar-refractivity contribution in [1.82, 2.24) is 19.9 Å². The third-order valence-electron chi connectivity index (χ3n) is 4.46. The van der Waals surface area contributed by atoms with Crippen LogP contribution >= 0.6 is 0 Å². The van der Waals surface area contributed by atoms with Gasteiger partial charge in [-0.15, -0.1) is 0 Å². The molecule has 0 radical (unpaired) electrons. The lowest BCUT2D eigenvalue weighted by atomic mass is 10.1. The first kappa shape index (κ1) is 17.3. The third kappa shape index (κ3) is 3.55. The molecular formula is C19H21N5O3. The standard InChI is InChI=1S/C19H21N5O3/c1-19(2,3)24-15(11-4-5-11)10-14(22-24)17(25)20-13-8-6-12(7-9-13)16-21-18(26)27-23-16/h6-11H,4-5H2,1-3H3,(H,20,25)(H,21,23,26). The number of carbonyl (C=O) groups excluding carboxylic acids is 1. The number of H-pyrrole nitrogens is 1. The molecule has 0 atom stereocenters. The Morgan fingerprint density at radius 3 is 2.52 bits per heavy atom. The molecular weight excluding hydrogens is 346 g/mol. The number of nitrogens with zero attached hydrogens (tertiary/aromatic N) is 3. The number of nitrogens with one attached hydrogen (secondary N) is 2. The van der Waals surface area contributed by atoms with Crippen molar-refractivity contribution in [2.75, 3.05) is 5.32 Å². The Hall–Kier alpha value is -3.16. The SMILES string of the molecule is CC(C)(C)n1nc(C(=O)Nc2ccc(-c3noc(=O)[nH]3)cc2)cc1C1CC1. The van der Waals surface area contributed by atoms with Crippen LogP contribution in [0.15, 0.2) is 39.6 Å². The highest BCUT2D eigenvalue weighted by Gasteiger charge is 2.32. The van der Waals surface area contributed by atoms with Crippen LogP contribution in [0.1, 0.15) is 55.7 Å². The molecule has 1 aliphatic rings. The van der Waals surface area contributed by atoms with E-state index in [1.165, 1.54) is 0 Å². The first-order valence-electron chi connectivity index (χ1n) is 8.89. The van der Waals surface area contributed by atoms with Gasteiger partial charge in [0.2, 0.25) is 0 Å². The lowest BCUT2D eigenvalue weighted by Gasteiger charge is -2.22. The fourth-order valence-electron chi connectivity index (χ4n) is 2.97. The molecule has 1 fully saturated rings. The summed E-state index contributed by atoms with van der Waals surface area (Å²) in [6, 6.07) is 8.86. The number of hydrogen-bond donors (Lipinski definition) is 2. The summed E-state index contributed by atoms with van der Waals surface area (Å²) in [4.78, 5) is 26.2. The van der Waals surface area contributed by atoms with Crippen LogP contribution < -0.4 is 11.1 Å². The summed E-state index contributed by atoms with van der Waals surface area (Å²) in [5.41, 5.74) is 2.68. The van der Waals surface area contributed by atoms with E-state index in [2.05, 4.69) is 45.9 Å². The monoisotopic (exact) mass is 367 g/mol. The topological polar surface area (TPSA) is 106 Å². The second kappa shape index (κ2) is 6.22. The van der Waals surface area contributed by atoms with Gasteiger partial charge >= 0.3 is 5.76 Å². The van der Waals surface area contributed by atoms with Crippen LogP contribution in [0.5, 0.6) is 0 Å². The zero-order valence-corrected chi connectivity index (χ0v) is 15.4. The van der Waals surface area contributed by atoms with Gasteiger partial charge in [-0.25, -0.2) is 4.79 Å². The molecule has 1 aliphatic carbocycles. The summed E-state index contributed by atoms with van der Waals surface area (Å²) in [6.07, 6.45) is 2.29. The zero-order valence-electron chi connectivity index (χ0n) is 15.4. The van der Waals surface area contributed by atoms with Gasteiger partial charge in [0.05, 0.1) is 5.54 Å². The van der Waals surface area contributed by atoms with Crippen molar-refractivity contribution in [2.45, 2.75) is 45.1 Å². The molecule has 140 valence electrons. The number of benzene rings is 1. The maximum Gasteiger partial charge on any atom is 0.439 e. The minimum atomic E-state index is -0.608. The number of carbonyl (C=O) groups is 1. The van der Waals surface area contributed by atoms with E-state index in [9.17, 15) is 9.59 Å². The van der Waals surface area contributed by atoms with Gasteiger partial charge in [0.1, 0.15) is 0 Å². The Balaban J connectivity index is 1.53. The van der Waals surface area contributed by atoms with Crippen molar-refractivity contribution in [1.29, 1.82) is 0 Å². The van der Waals surface area contributed by atoms with Gasteiger partial charge in [0.15, 0.2) is 11.5 Å². The molecule has 1 amide bonds. The van der Waals surface area contributed by atoms with Gasteiger partial charge < -0.3 is 5.32 Å². The van der Waals surface area contributed by atoms with E-state index in [4.69, 9.17) is 0 Å². The maximum absolute atomic E-state index is 12.6. The first-order valence-corrected chi connectivity index (χ1v) is 8.89. The zero-order chi connectivity index (χ0) is 19.2. The maximum atomic E-state index is 12.6. The van der Waals surface area contributed by atoms with Gasteiger partial charge in [0.25, 0.3) is 5.91 Å². The van der Waals surface area contributed by atoms with E-state index in [0.717, 1.165) is 18.5 Å². The smallest absolute Gasteiger partial charge is 0.321 e. The number of rotatable bonds is 4. The van der Waals surface area contributed by atoms with Gasteiger partial charge in [-0.2, -0.15) is 5.10 Å². The largest absolute Gasteiger partial charge is 0.439 e. The normalized spacial score (nSPS) is 14.3. The minimum absolute atomic E-state index is 0.174. The molecule has 0 bridgehead atoms. The van der Waals surface area contributed by atoms with E-state index in [1.54, 1.807) is 24.3 Å². The van der Waals surface area contributed by atoms with E-state index < -0.39 is 5.76 Å². The fourth-order valence-corrected chi connectivity index (χ4v) is 2.97. The summed E-state index contributed by atoms with van der Waals surface area (Å²) in [5, 5.41) is 11.1. The molecule has 2 heterocycles. The van der Waals surface area contributed by atoms with E-state index >= 15 is 0 Å². The van der Waals surface area contributed by atoms with E-state index in [0.29, 0.717) is 28.7 Å². The Bertz CT molecular complexity index is 1030. The fraction of sp³-hybridized carbons (Fsp3) is 0.368. The highest BCUT2D eigenvalue weighted by molar-refractivity contribution is 6.03. The molecule has 0 spiro atoms. The van der Waals surface area contributed by atoms with Crippen LogP contribution in [-0.4, -0.2) is 25.8 Å². The van der Waals surface area contributed by atoms with Crippen molar-refractivity contribution < 1.29 is 9.32 Å². The van der Waals surface area contributed by atoms with E-state index in [1.807, 2.05) is 10.7 Å². The minimum Gasteiger partial charge on any atom is -0.321 e. The van der Waals surface area contributed by atoms with Crippen LogP contribution in [0.3, 0.4) is 0 Å². The number of hydrogen-bond acceptors (Lipinski definition) is 5. The van der Waals surface area contributed by atoms with Crippen molar-refractivity contribution >= 4 is 11.6 Å². The number of amides is 1. The summed E-state index contributed by atoms with van der Waals surface area (Å²) in [7, 11) is 0. The predicted octanol–water partition coefficient (Wildman–Crippen LogP) is 3.11. The van der Waals surface area contributed by atoms with Crippen molar-refractivity contribution in [3.8, 4) is 11.4 Å². The lowest BCUT2D eigenvalue weighted by molar-refractivity contribution is 0.102. The molecule has 8 nitrogen and oxygen atoms in total. The molecule has 1 saturated carbocycles. The highest BCUT2D eigenvalue weighted by Crippen LogP contribution is 2.41. The second-order valence-corrected chi connectivity index (χ2v) is 7.79. The van der Waals surface area contributed by atoms with Gasteiger partial charge in [-0.3, -0.25) is 19.0 Å². The molecule has 27 heavy (non-hydrogen) atoms. The highest BCUT2D eigenvalue weighted by atomic mass is 16.5. The molecule has 3 aromatic rings. The van der Waals surface area contributed by atoms with Crippen molar-refractivity contribution in [3.63, 3.8) is 0 Å². The summed E-state index contributed by atoms with van der Waals surface area (Å²) in [6.45, 7) is 6.25. The quantitative estimate of drug-likeness (QED) is 0.737. The predicted molar refractivity (Wildman–Crippen MR) is 99.7 cm³/mol. The van der Waals surface area contributed by atoms with Crippen molar-refractivity contribution in [3.05, 3.63) is 52.3 Å². The van der Waals surface area contributed by atoms with Crippen LogP contribution in [0.25, 0.3) is 11.4 Å². The molecule has 2 aromatic heterocycles. The van der Waals surface area contributed by atoms with Gasteiger partial charge in [0, 0.05) is 22.9 Å². The Morgan fingerprint density at radius 2 is 1.96 bits per heavy atom. The van der Waals surface area contributed by atoms with E-state index in [-0.39, 0.29) is 11.4 Å². The molecule has 1 aromatic carbocycles. The third-order valence-corrected chi connectivity index (χ3v) is 4.46. The van der Waals surface area contributed by atoms with Crippen LogP contribution in [0, 0.1) is 0 Å². The Labute approximate surface area is 155 Å². The van der Waals surface area contributed by atoms with Gasteiger partial charge in [-0.05, 0) is 63.9 Å². The average molecular weight is 367 g/mol. The molecule has 0 aliphatic heterocycles. The summed E-state index contributed by atoms with van der Waals surface area (Å²) >= 11 is 0. The number of aromatic amines is 1. The average Bonchev–Trinajstić information content (AvgIpc) is 3.19. The molecule has 0 unspecified atom stereocenters. The number of aromatic nitrogens is 4. The van der Waals surface area contributed by atoms with Crippen molar-refractivity contribution in [2.24, 2.45) is 0 Å². The van der Waals surface area contributed by atoms with Crippen LogP contribution in [-0.2, 0) is 5.54 Å². The van der Waals surface area contributed by atoms with Crippen LogP contribution in [0.2, 0.25) is 0 Å². The second-order valence-electron chi connectivity index (χ2n) is 7.79. The molecule has 0 saturated heterocycles. The van der Waals surface area contributed by atoms with Crippen LogP contribution in [0.4, 0.5) is 5.69 Å². The lowest BCUT2D eigenvalue weighted by Crippen LogP contribution is -2.25.